The van der Waals surface area contributed by atoms with Gasteiger partial charge in [-0.25, -0.2) is 4.99 Å². The lowest BCUT2D eigenvalue weighted by molar-refractivity contribution is 0.354. The van der Waals surface area contributed by atoms with Gasteiger partial charge >= 0.3 is 0 Å². The number of halogens is 1. The number of nitrogens with zero attached hydrogens (tertiary/aromatic N) is 3. The van der Waals surface area contributed by atoms with Gasteiger partial charge in [-0.05, 0) is 44.9 Å². The standard InChI is InChI=1S/C23H34N4O3.HI/c1-8-24-23(26-15-19-17(3)22(30-7)16(2)14-25-19)27(4)12-11-18-9-10-20(28-5)21(13-18)29-6;/h9-10,13-14H,8,11-12,15H2,1-7H3,(H,24,26);1H. The number of pyridine rings is 1. The molecule has 0 spiro atoms. The van der Waals surface area contributed by atoms with Crippen molar-refractivity contribution >= 4 is 29.9 Å². The molecule has 0 fully saturated rings. The van der Waals surface area contributed by atoms with E-state index >= 15 is 0 Å². The van der Waals surface area contributed by atoms with Crippen LogP contribution in [0.2, 0.25) is 0 Å². The number of benzene rings is 1. The van der Waals surface area contributed by atoms with E-state index in [1.807, 2.05) is 39.2 Å². The van der Waals surface area contributed by atoms with Crippen molar-refractivity contribution in [3.05, 3.63) is 46.8 Å². The number of methoxy groups -OCH3 is 3. The van der Waals surface area contributed by atoms with Crippen LogP contribution in [0.1, 0.15) is 29.3 Å². The predicted molar refractivity (Wildman–Crippen MR) is 136 cm³/mol. The van der Waals surface area contributed by atoms with Gasteiger partial charge in [0.1, 0.15) is 5.75 Å². The van der Waals surface area contributed by atoms with Gasteiger partial charge in [0.25, 0.3) is 0 Å². The molecule has 0 atom stereocenters. The number of guanidine groups is 1. The summed E-state index contributed by atoms with van der Waals surface area (Å²) < 4.78 is 16.2. The van der Waals surface area contributed by atoms with E-state index in [2.05, 4.69) is 28.2 Å². The predicted octanol–water partition coefficient (Wildman–Crippen LogP) is 3.98. The largest absolute Gasteiger partial charge is 0.496 e. The molecule has 2 aromatic rings. The average Bonchev–Trinajstić information content (AvgIpc) is 2.76. The van der Waals surface area contributed by atoms with E-state index in [1.165, 1.54) is 5.56 Å². The number of likely N-dealkylation sites (N-methyl/N-ethyl adjacent to an activating group) is 1. The van der Waals surface area contributed by atoms with Gasteiger partial charge in [0.05, 0.1) is 33.6 Å². The molecule has 0 saturated carbocycles. The van der Waals surface area contributed by atoms with Crippen LogP contribution >= 0.6 is 24.0 Å². The maximum absolute atomic E-state index is 5.51. The van der Waals surface area contributed by atoms with Crippen LogP contribution in [-0.2, 0) is 13.0 Å². The molecular formula is C23H35IN4O3. The molecule has 8 heteroatoms. The van der Waals surface area contributed by atoms with E-state index in [9.17, 15) is 0 Å². The summed E-state index contributed by atoms with van der Waals surface area (Å²) in [7, 11) is 7.02. The normalized spacial score (nSPS) is 10.9. The van der Waals surface area contributed by atoms with Gasteiger partial charge in [0.2, 0.25) is 0 Å². The zero-order valence-electron chi connectivity index (χ0n) is 19.6. The van der Waals surface area contributed by atoms with Gasteiger partial charge in [-0.3, -0.25) is 4.98 Å². The third kappa shape index (κ3) is 7.15. The maximum atomic E-state index is 5.51. The molecule has 0 amide bonds. The molecule has 172 valence electrons. The first-order valence-corrected chi connectivity index (χ1v) is 10.1. The minimum Gasteiger partial charge on any atom is -0.496 e. The lowest BCUT2D eigenvalue weighted by Crippen LogP contribution is -2.40. The minimum absolute atomic E-state index is 0. The van der Waals surface area contributed by atoms with E-state index in [0.717, 1.165) is 59.5 Å². The third-order valence-electron chi connectivity index (χ3n) is 5.01. The van der Waals surface area contributed by atoms with Crippen molar-refractivity contribution in [2.75, 3.05) is 41.5 Å². The van der Waals surface area contributed by atoms with Crippen LogP contribution < -0.4 is 19.5 Å². The number of aromatic nitrogens is 1. The van der Waals surface area contributed by atoms with Crippen LogP contribution in [0.3, 0.4) is 0 Å². The summed E-state index contributed by atoms with van der Waals surface area (Å²) in [5, 5.41) is 3.36. The topological polar surface area (TPSA) is 68.2 Å². The minimum atomic E-state index is 0. The Morgan fingerprint density at radius 2 is 1.81 bits per heavy atom. The third-order valence-corrected chi connectivity index (χ3v) is 5.01. The van der Waals surface area contributed by atoms with E-state index in [1.54, 1.807) is 21.3 Å². The molecule has 1 N–H and O–H groups in total. The molecule has 1 aromatic heterocycles. The number of rotatable bonds is 9. The number of ether oxygens (including phenoxy) is 3. The molecule has 0 bridgehead atoms. The number of aryl methyl sites for hydroxylation is 1. The highest BCUT2D eigenvalue weighted by molar-refractivity contribution is 14.0. The first kappa shape index (κ1) is 26.8. The van der Waals surface area contributed by atoms with E-state index in [0.29, 0.717) is 6.54 Å². The quantitative estimate of drug-likeness (QED) is 0.294. The number of nitrogens with one attached hydrogen (secondary N) is 1. The molecule has 1 aromatic carbocycles. The van der Waals surface area contributed by atoms with Crippen LogP contribution in [0.4, 0.5) is 0 Å². The Labute approximate surface area is 203 Å². The Balaban J connectivity index is 0.00000480. The van der Waals surface area contributed by atoms with Gasteiger partial charge in [-0.2, -0.15) is 0 Å². The summed E-state index contributed by atoms with van der Waals surface area (Å²) in [6.45, 7) is 8.19. The zero-order valence-corrected chi connectivity index (χ0v) is 21.9. The van der Waals surface area contributed by atoms with E-state index < -0.39 is 0 Å². The first-order valence-electron chi connectivity index (χ1n) is 10.1. The molecule has 0 aliphatic carbocycles. The highest BCUT2D eigenvalue weighted by atomic mass is 127. The highest BCUT2D eigenvalue weighted by Gasteiger charge is 2.11. The zero-order chi connectivity index (χ0) is 22.1. The Bertz CT molecular complexity index is 874. The van der Waals surface area contributed by atoms with Crippen molar-refractivity contribution in [3.8, 4) is 17.2 Å². The van der Waals surface area contributed by atoms with Crippen molar-refractivity contribution in [1.29, 1.82) is 0 Å². The number of aliphatic imine (C=N–C) groups is 1. The molecule has 1 heterocycles. The van der Waals surface area contributed by atoms with Gasteiger partial charge < -0.3 is 24.4 Å². The molecule has 0 aliphatic heterocycles. The van der Waals surface area contributed by atoms with Crippen molar-refractivity contribution in [2.45, 2.75) is 33.7 Å². The summed E-state index contributed by atoms with van der Waals surface area (Å²) in [5.74, 6) is 3.20. The van der Waals surface area contributed by atoms with Crippen LogP contribution in [0.15, 0.2) is 29.4 Å². The molecule has 7 nitrogen and oxygen atoms in total. The smallest absolute Gasteiger partial charge is 0.194 e. The Morgan fingerprint density at radius 1 is 1.10 bits per heavy atom. The second-order valence-electron chi connectivity index (χ2n) is 7.08. The van der Waals surface area contributed by atoms with Crippen molar-refractivity contribution < 1.29 is 14.2 Å². The molecule has 0 radical (unpaired) electrons. The fraction of sp³-hybridized carbons (Fsp3) is 0.478. The van der Waals surface area contributed by atoms with E-state index in [4.69, 9.17) is 19.2 Å². The van der Waals surface area contributed by atoms with Crippen LogP contribution in [0.25, 0.3) is 0 Å². The fourth-order valence-electron chi connectivity index (χ4n) is 3.29. The van der Waals surface area contributed by atoms with Gasteiger partial charge in [0, 0.05) is 37.5 Å². The van der Waals surface area contributed by atoms with Gasteiger partial charge in [-0.1, -0.05) is 6.07 Å². The molecule has 31 heavy (non-hydrogen) atoms. The maximum Gasteiger partial charge on any atom is 0.194 e. The lowest BCUT2D eigenvalue weighted by atomic mass is 10.1. The summed E-state index contributed by atoms with van der Waals surface area (Å²) in [6.07, 6.45) is 2.70. The summed E-state index contributed by atoms with van der Waals surface area (Å²) in [4.78, 5) is 11.5. The summed E-state index contributed by atoms with van der Waals surface area (Å²) in [5.41, 5.74) is 4.16. The second kappa shape index (κ2) is 13.2. The van der Waals surface area contributed by atoms with Crippen molar-refractivity contribution in [2.24, 2.45) is 4.99 Å². The molecule has 2 rings (SSSR count). The van der Waals surface area contributed by atoms with Gasteiger partial charge in [0.15, 0.2) is 17.5 Å². The Hall–Kier alpha value is -2.23. The van der Waals surface area contributed by atoms with Crippen molar-refractivity contribution in [1.82, 2.24) is 15.2 Å². The summed E-state index contributed by atoms with van der Waals surface area (Å²) in [6, 6.07) is 6.01. The van der Waals surface area contributed by atoms with Crippen LogP contribution in [-0.4, -0.2) is 57.3 Å². The molecule has 0 saturated heterocycles. The van der Waals surface area contributed by atoms with Crippen LogP contribution in [0.5, 0.6) is 17.2 Å². The Kier molecular flexibility index (Phi) is 11.4. The molecule has 0 aliphatic rings. The lowest BCUT2D eigenvalue weighted by Gasteiger charge is -2.22. The van der Waals surface area contributed by atoms with Crippen molar-refractivity contribution in [3.63, 3.8) is 0 Å². The average molecular weight is 542 g/mol. The Morgan fingerprint density at radius 3 is 2.42 bits per heavy atom. The fourth-order valence-corrected chi connectivity index (χ4v) is 3.29. The van der Waals surface area contributed by atoms with E-state index in [-0.39, 0.29) is 24.0 Å². The second-order valence-corrected chi connectivity index (χ2v) is 7.08. The number of hydrogen-bond donors (Lipinski definition) is 1. The van der Waals surface area contributed by atoms with Gasteiger partial charge in [-0.15, -0.1) is 24.0 Å². The SMILES string of the molecule is CCNC(=NCc1ncc(C)c(OC)c1C)N(C)CCc1ccc(OC)c(OC)c1.I. The first-order chi connectivity index (χ1) is 14.4. The summed E-state index contributed by atoms with van der Waals surface area (Å²) >= 11 is 0. The molecular weight excluding hydrogens is 507 g/mol. The van der Waals surface area contributed by atoms with Crippen LogP contribution in [0, 0.1) is 13.8 Å². The molecule has 0 unspecified atom stereocenters. The highest BCUT2D eigenvalue weighted by Crippen LogP contribution is 2.28. The number of hydrogen-bond acceptors (Lipinski definition) is 5. The monoisotopic (exact) mass is 542 g/mol.